The molecule has 1 heterocycles. The molecule has 0 bridgehead atoms. The highest BCUT2D eigenvalue weighted by atomic mass is 16.3. The number of carbonyl (C=O) groups excluding carboxylic acids is 2. The first-order valence-corrected chi connectivity index (χ1v) is 9.40. The van der Waals surface area contributed by atoms with E-state index in [1.165, 1.54) is 6.20 Å². The van der Waals surface area contributed by atoms with Gasteiger partial charge in [-0.3, -0.25) is 9.59 Å². The molecule has 6 N–H and O–H groups in total. The number of aliphatic hydroxyl groups excluding tert-OH is 1. The Kier molecular flexibility index (Phi) is 6.96. The molecule has 8 heteroatoms. The number of nitrogens with zero attached hydrogens (tertiary/aromatic N) is 1. The fourth-order valence-electron chi connectivity index (χ4n) is 2.78. The minimum atomic E-state index is -0.567. The lowest BCUT2D eigenvalue weighted by Crippen LogP contribution is -2.26. The van der Waals surface area contributed by atoms with Gasteiger partial charge < -0.3 is 26.8 Å². The van der Waals surface area contributed by atoms with Crippen LogP contribution in [0.2, 0.25) is 0 Å². The summed E-state index contributed by atoms with van der Waals surface area (Å²) in [5.74, 6) is -0.303. The normalized spacial score (nSPS) is 10.3. The van der Waals surface area contributed by atoms with Crippen LogP contribution in [0.3, 0.4) is 0 Å². The molecule has 3 rings (SSSR count). The number of carbonyl (C=O) groups is 2. The van der Waals surface area contributed by atoms with Gasteiger partial charge >= 0.3 is 0 Å². The van der Waals surface area contributed by atoms with Crippen molar-refractivity contribution in [3.8, 4) is 0 Å². The summed E-state index contributed by atoms with van der Waals surface area (Å²) in [6, 6.07) is 18.3. The highest BCUT2D eigenvalue weighted by Gasteiger charge is 2.11. The lowest BCUT2D eigenvalue weighted by atomic mass is 10.1. The molecule has 0 fully saturated rings. The van der Waals surface area contributed by atoms with Crippen LogP contribution in [0.15, 0.2) is 66.9 Å². The van der Waals surface area contributed by atoms with Crippen LogP contribution in [0.25, 0.3) is 0 Å². The number of primary amides is 1. The summed E-state index contributed by atoms with van der Waals surface area (Å²) in [6.07, 6.45) is 1.43. The Morgan fingerprint density at radius 2 is 1.77 bits per heavy atom. The zero-order valence-electron chi connectivity index (χ0n) is 16.3. The molecule has 154 valence electrons. The number of aromatic nitrogens is 1. The van der Waals surface area contributed by atoms with Gasteiger partial charge in [0.05, 0.1) is 17.9 Å². The third-order valence-corrected chi connectivity index (χ3v) is 4.31. The smallest absolute Gasteiger partial charge is 0.252 e. The first-order chi connectivity index (χ1) is 14.6. The van der Waals surface area contributed by atoms with Crippen LogP contribution in [-0.2, 0) is 6.54 Å². The van der Waals surface area contributed by atoms with Crippen LogP contribution in [-0.4, -0.2) is 35.1 Å². The molecule has 0 saturated heterocycles. The molecule has 0 aliphatic carbocycles. The fourth-order valence-corrected chi connectivity index (χ4v) is 2.78. The largest absolute Gasteiger partial charge is 0.395 e. The minimum absolute atomic E-state index is 0.112. The zero-order valence-corrected chi connectivity index (χ0v) is 16.3. The molecule has 2 amide bonds. The van der Waals surface area contributed by atoms with E-state index in [0.717, 1.165) is 11.3 Å². The standard InChI is InChI=1S/C22H23N5O3/c23-21(29)18-14-26-20(12-19(18)25-13-15-4-2-1-3-5-15)27-17-8-6-16(7-9-17)22(30)24-10-11-28/h1-9,12,14,28H,10-11,13H2,(H2,23,29)(H,24,30)(H2,25,26,27). The van der Waals surface area contributed by atoms with E-state index in [1.54, 1.807) is 30.3 Å². The van der Waals surface area contributed by atoms with Crippen molar-refractivity contribution in [1.82, 2.24) is 10.3 Å². The summed E-state index contributed by atoms with van der Waals surface area (Å²) in [7, 11) is 0. The van der Waals surface area contributed by atoms with Gasteiger partial charge in [0.25, 0.3) is 11.8 Å². The average Bonchev–Trinajstić information content (AvgIpc) is 2.77. The summed E-state index contributed by atoms with van der Waals surface area (Å²) in [5, 5.41) is 17.7. The van der Waals surface area contributed by atoms with E-state index < -0.39 is 5.91 Å². The lowest BCUT2D eigenvalue weighted by Gasteiger charge is -2.13. The van der Waals surface area contributed by atoms with Crippen LogP contribution in [0.4, 0.5) is 17.2 Å². The maximum Gasteiger partial charge on any atom is 0.252 e. The van der Waals surface area contributed by atoms with Crippen molar-refractivity contribution in [2.75, 3.05) is 23.8 Å². The minimum Gasteiger partial charge on any atom is -0.395 e. The molecule has 0 aliphatic heterocycles. The summed E-state index contributed by atoms with van der Waals surface area (Å²) < 4.78 is 0. The van der Waals surface area contributed by atoms with E-state index in [0.29, 0.717) is 29.2 Å². The van der Waals surface area contributed by atoms with Crippen molar-refractivity contribution >= 4 is 29.0 Å². The summed E-state index contributed by atoms with van der Waals surface area (Å²) in [5.41, 5.74) is 8.62. The van der Waals surface area contributed by atoms with E-state index in [1.807, 2.05) is 30.3 Å². The van der Waals surface area contributed by atoms with Gasteiger partial charge in [0.2, 0.25) is 0 Å². The van der Waals surface area contributed by atoms with E-state index in [-0.39, 0.29) is 19.1 Å². The monoisotopic (exact) mass is 405 g/mol. The third-order valence-electron chi connectivity index (χ3n) is 4.31. The Balaban J connectivity index is 1.72. The first-order valence-electron chi connectivity index (χ1n) is 9.40. The van der Waals surface area contributed by atoms with Crippen molar-refractivity contribution in [2.24, 2.45) is 5.73 Å². The van der Waals surface area contributed by atoms with Gasteiger partial charge in [0, 0.05) is 36.6 Å². The maximum absolute atomic E-state index is 11.9. The number of benzene rings is 2. The van der Waals surface area contributed by atoms with Crippen molar-refractivity contribution in [3.63, 3.8) is 0 Å². The third kappa shape index (κ3) is 5.55. The molecule has 0 spiro atoms. The van der Waals surface area contributed by atoms with Crippen molar-refractivity contribution in [1.29, 1.82) is 0 Å². The topological polar surface area (TPSA) is 129 Å². The summed E-state index contributed by atoms with van der Waals surface area (Å²) in [6.45, 7) is 0.620. The molecule has 1 aromatic heterocycles. The van der Waals surface area contributed by atoms with Crippen LogP contribution in [0.1, 0.15) is 26.3 Å². The number of aliphatic hydroxyl groups is 1. The number of nitrogens with two attached hydrogens (primary N) is 1. The number of anilines is 3. The average molecular weight is 405 g/mol. The van der Waals surface area contributed by atoms with E-state index >= 15 is 0 Å². The van der Waals surface area contributed by atoms with Crippen LogP contribution in [0.5, 0.6) is 0 Å². The quantitative estimate of drug-likeness (QED) is 0.371. The molecule has 2 aromatic carbocycles. The Morgan fingerprint density at radius 3 is 2.43 bits per heavy atom. The number of hydrogen-bond donors (Lipinski definition) is 5. The number of nitrogens with one attached hydrogen (secondary N) is 3. The molecule has 0 aliphatic rings. The van der Waals surface area contributed by atoms with Crippen LogP contribution >= 0.6 is 0 Å². The number of pyridine rings is 1. The van der Waals surface area contributed by atoms with Crippen LogP contribution < -0.4 is 21.7 Å². The van der Waals surface area contributed by atoms with Crippen LogP contribution in [0, 0.1) is 0 Å². The van der Waals surface area contributed by atoms with Crippen molar-refractivity contribution < 1.29 is 14.7 Å². The second kappa shape index (κ2) is 10.0. The Morgan fingerprint density at radius 1 is 1.03 bits per heavy atom. The van der Waals surface area contributed by atoms with E-state index in [9.17, 15) is 9.59 Å². The predicted octanol–water partition coefficient (Wildman–Crippen LogP) is 2.26. The van der Waals surface area contributed by atoms with E-state index in [2.05, 4.69) is 20.9 Å². The first kappa shape index (κ1) is 20.8. The molecule has 8 nitrogen and oxygen atoms in total. The van der Waals surface area contributed by atoms with E-state index in [4.69, 9.17) is 10.8 Å². The fraction of sp³-hybridized carbons (Fsp3) is 0.136. The molecule has 0 radical (unpaired) electrons. The SMILES string of the molecule is NC(=O)c1cnc(Nc2ccc(C(=O)NCCO)cc2)cc1NCc1ccccc1. The number of amides is 2. The predicted molar refractivity (Wildman–Crippen MR) is 116 cm³/mol. The summed E-state index contributed by atoms with van der Waals surface area (Å²) >= 11 is 0. The molecule has 0 atom stereocenters. The molecule has 30 heavy (non-hydrogen) atoms. The van der Waals surface area contributed by atoms with Gasteiger partial charge in [-0.1, -0.05) is 30.3 Å². The Labute approximate surface area is 174 Å². The highest BCUT2D eigenvalue weighted by molar-refractivity contribution is 5.98. The van der Waals surface area contributed by atoms with Gasteiger partial charge in [0.1, 0.15) is 5.82 Å². The van der Waals surface area contributed by atoms with Crippen molar-refractivity contribution in [3.05, 3.63) is 83.6 Å². The highest BCUT2D eigenvalue weighted by Crippen LogP contribution is 2.22. The van der Waals surface area contributed by atoms with Crippen molar-refractivity contribution in [2.45, 2.75) is 6.54 Å². The lowest BCUT2D eigenvalue weighted by molar-refractivity contribution is 0.0943. The molecular weight excluding hydrogens is 382 g/mol. The molecular formula is C22H23N5O3. The van der Waals surface area contributed by atoms with Gasteiger partial charge in [-0.05, 0) is 29.8 Å². The molecule has 0 saturated carbocycles. The second-order valence-corrected chi connectivity index (χ2v) is 6.50. The zero-order chi connectivity index (χ0) is 21.3. The van der Waals surface area contributed by atoms with Gasteiger partial charge in [-0.15, -0.1) is 0 Å². The molecule has 0 unspecified atom stereocenters. The summed E-state index contributed by atoms with van der Waals surface area (Å²) in [4.78, 5) is 27.9. The van der Waals surface area contributed by atoms with Gasteiger partial charge in [-0.25, -0.2) is 4.98 Å². The number of hydrogen-bond acceptors (Lipinski definition) is 6. The second-order valence-electron chi connectivity index (χ2n) is 6.50. The maximum atomic E-state index is 11.9. The number of rotatable bonds is 9. The van der Waals surface area contributed by atoms with Gasteiger partial charge in [-0.2, -0.15) is 0 Å². The Hall–Kier alpha value is -3.91. The Bertz CT molecular complexity index is 1010. The molecule has 3 aromatic rings. The van der Waals surface area contributed by atoms with Gasteiger partial charge in [0.15, 0.2) is 0 Å².